The standard InChI is InChI=1S/C21H29N3O3S/c1-16(2)15-24(28(27)20-10-8-18(22)9-11-20)13-12-19(23-21(25)26)14-17-6-4-3-5-7-17/h3-11,16,19,23H,12-15,22H2,1-2H3,(H,25,26). The quantitative estimate of drug-likeness (QED) is 0.529. The van der Waals surface area contributed by atoms with Gasteiger partial charge in [0, 0.05) is 24.8 Å². The molecule has 2 aromatic rings. The first-order valence-electron chi connectivity index (χ1n) is 9.41. The molecule has 0 radical (unpaired) electrons. The molecule has 0 saturated heterocycles. The van der Waals surface area contributed by atoms with Crippen LogP contribution < -0.4 is 11.1 Å². The fourth-order valence-electron chi connectivity index (χ4n) is 2.98. The van der Waals surface area contributed by atoms with Crippen LogP contribution in [-0.2, 0) is 17.4 Å². The number of anilines is 1. The summed E-state index contributed by atoms with van der Waals surface area (Å²) in [6.07, 6.45) is 0.113. The Morgan fingerprint density at radius 3 is 2.36 bits per heavy atom. The zero-order valence-corrected chi connectivity index (χ0v) is 17.2. The minimum absolute atomic E-state index is 0.252. The third-order valence-corrected chi connectivity index (χ3v) is 5.74. The molecule has 2 atom stereocenters. The van der Waals surface area contributed by atoms with E-state index < -0.39 is 17.1 Å². The van der Waals surface area contributed by atoms with Gasteiger partial charge in [0.15, 0.2) is 0 Å². The summed E-state index contributed by atoms with van der Waals surface area (Å²) in [5, 5.41) is 11.8. The number of hydrogen-bond acceptors (Lipinski definition) is 3. The Balaban J connectivity index is 2.08. The van der Waals surface area contributed by atoms with Gasteiger partial charge in [-0.05, 0) is 48.6 Å². The zero-order valence-electron chi connectivity index (χ0n) is 16.4. The first-order chi connectivity index (χ1) is 13.3. The molecule has 0 heterocycles. The van der Waals surface area contributed by atoms with Crippen molar-refractivity contribution in [2.45, 2.75) is 37.6 Å². The van der Waals surface area contributed by atoms with Crippen LogP contribution in [0.2, 0.25) is 0 Å². The van der Waals surface area contributed by atoms with Gasteiger partial charge in [-0.3, -0.25) is 0 Å². The number of nitrogen functional groups attached to an aromatic ring is 1. The summed E-state index contributed by atoms with van der Waals surface area (Å²) >= 11 is 0. The van der Waals surface area contributed by atoms with Crippen LogP contribution in [0.15, 0.2) is 59.5 Å². The maximum absolute atomic E-state index is 13.0. The van der Waals surface area contributed by atoms with Crippen molar-refractivity contribution < 1.29 is 14.1 Å². The van der Waals surface area contributed by atoms with Crippen molar-refractivity contribution in [2.24, 2.45) is 5.92 Å². The van der Waals surface area contributed by atoms with Gasteiger partial charge in [0.1, 0.15) is 11.0 Å². The van der Waals surface area contributed by atoms with Crippen molar-refractivity contribution >= 4 is 22.8 Å². The van der Waals surface area contributed by atoms with Crippen LogP contribution in [0.1, 0.15) is 25.8 Å². The van der Waals surface area contributed by atoms with E-state index in [1.165, 1.54) is 0 Å². The normalized spacial score (nSPS) is 13.4. The van der Waals surface area contributed by atoms with Crippen molar-refractivity contribution in [3.05, 3.63) is 60.2 Å². The van der Waals surface area contributed by atoms with E-state index in [1.54, 1.807) is 24.3 Å². The van der Waals surface area contributed by atoms with E-state index in [0.29, 0.717) is 42.4 Å². The highest BCUT2D eigenvalue weighted by molar-refractivity contribution is 7.82. The molecule has 0 bridgehead atoms. The largest absolute Gasteiger partial charge is 0.465 e. The average Bonchev–Trinajstić information content (AvgIpc) is 2.65. The molecule has 2 unspecified atom stereocenters. The SMILES string of the molecule is CC(C)CN(CCC(Cc1ccccc1)NC(=O)O)S(=O)c1ccc(N)cc1. The molecule has 0 aromatic heterocycles. The third-order valence-electron chi connectivity index (χ3n) is 4.26. The van der Waals surface area contributed by atoms with Crippen molar-refractivity contribution in [3.8, 4) is 0 Å². The molecule has 0 spiro atoms. The van der Waals surface area contributed by atoms with Crippen LogP contribution in [-0.4, -0.2) is 38.8 Å². The summed E-state index contributed by atoms with van der Waals surface area (Å²) in [7, 11) is -1.32. The molecule has 0 aliphatic carbocycles. The lowest BCUT2D eigenvalue weighted by Gasteiger charge is -2.26. The van der Waals surface area contributed by atoms with E-state index in [9.17, 15) is 14.1 Å². The van der Waals surface area contributed by atoms with Crippen molar-refractivity contribution in [1.29, 1.82) is 0 Å². The Kier molecular flexibility index (Phi) is 8.47. The van der Waals surface area contributed by atoms with Gasteiger partial charge < -0.3 is 16.2 Å². The molecule has 1 amide bonds. The topological polar surface area (TPSA) is 95.7 Å². The Bertz CT molecular complexity index is 766. The summed E-state index contributed by atoms with van der Waals surface area (Å²) in [4.78, 5) is 11.9. The minimum Gasteiger partial charge on any atom is -0.465 e. The van der Waals surface area contributed by atoms with Gasteiger partial charge in [-0.2, -0.15) is 0 Å². The van der Waals surface area contributed by atoms with Crippen LogP contribution in [0.25, 0.3) is 0 Å². The zero-order chi connectivity index (χ0) is 20.5. The monoisotopic (exact) mass is 403 g/mol. The number of amides is 1. The molecule has 152 valence electrons. The molecule has 2 aromatic carbocycles. The summed E-state index contributed by atoms with van der Waals surface area (Å²) in [5.41, 5.74) is 7.42. The van der Waals surface area contributed by atoms with Gasteiger partial charge in [-0.1, -0.05) is 44.2 Å². The number of nitrogens with zero attached hydrogens (tertiary/aromatic N) is 1. The maximum atomic E-state index is 13.0. The van der Waals surface area contributed by atoms with Gasteiger partial charge in [0.2, 0.25) is 0 Å². The van der Waals surface area contributed by atoms with Gasteiger partial charge in [-0.25, -0.2) is 13.3 Å². The van der Waals surface area contributed by atoms with Gasteiger partial charge in [0.25, 0.3) is 0 Å². The first-order valence-corrected chi connectivity index (χ1v) is 10.5. The van der Waals surface area contributed by atoms with Crippen LogP contribution in [0, 0.1) is 5.92 Å². The number of nitrogens with two attached hydrogens (primary N) is 1. The molecule has 7 heteroatoms. The number of nitrogens with one attached hydrogen (secondary N) is 1. The summed E-state index contributed by atoms with van der Waals surface area (Å²) < 4.78 is 14.9. The Morgan fingerprint density at radius 1 is 1.14 bits per heavy atom. The second-order valence-corrected chi connectivity index (χ2v) is 8.71. The molecular formula is C21H29N3O3S. The lowest BCUT2D eigenvalue weighted by atomic mass is 10.0. The minimum atomic E-state index is -1.32. The molecule has 6 nitrogen and oxygen atoms in total. The van der Waals surface area contributed by atoms with Crippen LogP contribution in [0.5, 0.6) is 0 Å². The van der Waals surface area contributed by atoms with Crippen LogP contribution in [0.3, 0.4) is 0 Å². The predicted molar refractivity (Wildman–Crippen MR) is 113 cm³/mol. The smallest absolute Gasteiger partial charge is 0.404 e. The number of benzene rings is 2. The molecular weight excluding hydrogens is 374 g/mol. The molecule has 2 rings (SSSR count). The fourth-order valence-corrected chi connectivity index (χ4v) is 4.35. The third kappa shape index (κ3) is 7.32. The fraction of sp³-hybridized carbons (Fsp3) is 0.381. The lowest BCUT2D eigenvalue weighted by molar-refractivity contribution is 0.188. The summed E-state index contributed by atoms with van der Waals surface area (Å²) in [5.74, 6) is 0.331. The molecule has 0 fully saturated rings. The predicted octanol–water partition coefficient (Wildman–Crippen LogP) is 3.52. The summed E-state index contributed by atoms with van der Waals surface area (Å²) in [6.45, 7) is 5.32. The van der Waals surface area contributed by atoms with Gasteiger partial charge in [0.05, 0.1) is 4.90 Å². The van der Waals surface area contributed by atoms with E-state index in [-0.39, 0.29) is 6.04 Å². The average molecular weight is 404 g/mol. The number of rotatable bonds is 10. The van der Waals surface area contributed by atoms with Crippen molar-refractivity contribution in [3.63, 3.8) is 0 Å². The molecule has 0 aliphatic rings. The second-order valence-electron chi connectivity index (χ2n) is 7.22. The van der Waals surface area contributed by atoms with E-state index in [2.05, 4.69) is 19.2 Å². The first kappa shape index (κ1) is 21.9. The number of hydrogen-bond donors (Lipinski definition) is 3. The van der Waals surface area contributed by atoms with Gasteiger partial charge in [-0.15, -0.1) is 0 Å². The van der Waals surface area contributed by atoms with Crippen LogP contribution in [0.4, 0.5) is 10.5 Å². The summed E-state index contributed by atoms with van der Waals surface area (Å²) in [6, 6.07) is 16.6. The number of carboxylic acid groups (broad SMARTS) is 1. The Labute approximate surface area is 169 Å². The van der Waals surface area contributed by atoms with Crippen molar-refractivity contribution in [1.82, 2.24) is 9.62 Å². The second kappa shape index (κ2) is 10.8. The molecule has 4 N–H and O–H groups in total. The van der Waals surface area contributed by atoms with Crippen molar-refractivity contribution in [2.75, 3.05) is 18.8 Å². The number of carbonyl (C=O) groups is 1. The highest BCUT2D eigenvalue weighted by Gasteiger charge is 2.20. The molecule has 0 aliphatic heterocycles. The Hall–Kier alpha value is -2.38. The van der Waals surface area contributed by atoms with E-state index in [1.807, 2.05) is 34.6 Å². The molecule has 0 saturated carbocycles. The highest BCUT2D eigenvalue weighted by atomic mass is 32.2. The van der Waals surface area contributed by atoms with Crippen LogP contribution >= 0.6 is 0 Å². The van der Waals surface area contributed by atoms with E-state index in [4.69, 9.17) is 5.73 Å². The Morgan fingerprint density at radius 2 is 1.79 bits per heavy atom. The highest BCUT2D eigenvalue weighted by Crippen LogP contribution is 2.16. The maximum Gasteiger partial charge on any atom is 0.404 e. The lowest BCUT2D eigenvalue weighted by Crippen LogP contribution is -2.40. The van der Waals surface area contributed by atoms with E-state index >= 15 is 0 Å². The van der Waals surface area contributed by atoms with E-state index in [0.717, 1.165) is 5.56 Å². The molecule has 28 heavy (non-hydrogen) atoms. The van der Waals surface area contributed by atoms with Gasteiger partial charge >= 0.3 is 6.09 Å².